The molecule has 1 aliphatic heterocycles. The van der Waals surface area contributed by atoms with E-state index in [0.29, 0.717) is 12.1 Å². The van der Waals surface area contributed by atoms with Gasteiger partial charge in [-0.05, 0) is 44.9 Å². The van der Waals surface area contributed by atoms with E-state index in [1.165, 1.54) is 31.5 Å². The first kappa shape index (κ1) is 13.3. The van der Waals surface area contributed by atoms with Gasteiger partial charge in [0.25, 0.3) is 0 Å². The molecule has 0 aliphatic carbocycles. The Morgan fingerprint density at radius 3 is 2.83 bits per heavy atom. The van der Waals surface area contributed by atoms with Crippen molar-refractivity contribution in [3.8, 4) is 0 Å². The van der Waals surface area contributed by atoms with Crippen LogP contribution in [0.1, 0.15) is 51.3 Å². The molecule has 1 aromatic heterocycles. The van der Waals surface area contributed by atoms with Gasteiger partial charge in [0.1, 0.15) is 0 Å². The van der Waals surface area contributed by atoms with Crippen molar-refractivity contribution in [2.75, 3.05) is 18.5 Å². The summed E-state index contributed by atoms with van der Waals surface area (Å²) in [5.41, 5.74) is 2.44. The van der Waals surface area contributed by atoms with Gasteiger partial charge < -0.3 is 10.2 Å². The van der Waals surface area contributed by atoms with E-state index in [2.05, 4.69) is 41.2 Å². The van der Waals surface area contributed by atoms with E-state index in [9.17, 15) is 0 Å². The van der Waals surface area contributed by atoms with E-state index in [1.54, 1.807) is 0 Å². The van der Waals surface area contributed by atoms with Crippen LogP contribution in [0.4, 0.5) is 5.69 Å². The van der Waals surface area contributed by atoms with Crippen molar-refractivity contribution in [2.24, 2.45) is 0 Å². The lowest BCUT2D eigenvalue weighted by Crippen LogP contribution is -2.28. The van der Waals surface area contributed by atoms with Crippen molar-refractivity contribution in [3.63, 3.8) is 0 Å². The summed E-state index contributed by atoms with van der Waals surface area (Å²) < 4.78 is 0. The highest BCUT2D eigenvalue weighted by Gasteiger charge is 2.23. The van der Waals surface area contributed by atoms with E-state index < -0.39 is 0 Å². The summed E-state index contributed by atoms with van der Waals surface area (Å²) in [7, 11) is 2.00. The number of hydrogen-bond acceptors (Lipinski definition) is 3. The Kier molecular flexibility index (Phi) is 4.59. The van der Waals surface area contributed by atoms with Crippen LogP contribution >= 0.6 is 0 Å². The molecule has 1 aromatic rings. The number of rotatable bonds is 5. The average molecular weight is 247 g/mol. The second-order valence-electron chi connectivity index (χ2n) is 5.09. The molecule has 1 saturated heterocycles. The molecule has 0 spiro atoms. The van der Waals surface area contributed by atoms with E-state index in [-0.39, 0.29) is 0 Å². The predicted molar refractivity (Wildman–Crippen MR) is 77.0 cm³/mol. The quantitative estimate of drug-likeness (QED) is 0.866. The zero-order valence-corrected chi connectivity index (χ0v) is 11.8. The lowest BCUT2D eigenvalue weighted by Gasteiger charge is -2.26. The minimum atomic E-state index is 0.375. The Morgan fingerprint density at radius 1 is 1.44 bits per heavy atom. The monoisotopic (exact) mass is 247 g/mol. The molecular weight excluding hydrogens is 222 g/mol. The molecule has 18 heavy (non-hydrogen) atoms. The maximum Gasteiger partial charge on any atom is 0.0574 e. The van der Waals surface area contributed by atoms with Gasteiger partial charge in [-0.25, -0.2) is 0 Å². The van der Waals surface area contributed by atoms with Gasteiger partial charge in [-0.15, -0.1) is 0 Å². The molecule has 0 bridgehead atoms. The summed E-state index contributed by atoms with van der Waals surface area (Å²) in [5.74, 6) is 0. The average Bonchev–Trinajstić information content (AvgIpc) is 2.89. The van der Waals surface area contributed by atoms with E-state index in [4.69, 9.17) is 0 Å². The lowest BCUT2D eigenvalue weighted by molar-refractivity contribution is 0.561. The third-order valence-corrected chi connectivity index (χ3v) is 4.06. The molecule has 1 fully saturated rings. The van der Waals surface area contributed by atoms with Crippen molar-refractivity contribution in [2.45, 2.75) is 51.6 Å². The van der Waals surface area contributed by atoms with Crippen LogP contribution in [0.5, 0.6) is 0 Å². The fourth-order valence-electron chi connectivity index (χ4n) is 2.93. The van der Waals surface area contributed by atoms with E-state index in [1.807, 2.05) is 13.2 Å². The van der Waals surface area contributed by atoms with Crippen LogP contribution in [-0.4, -0.2) is 24.6 Å². The van der Waals surface area contributed by atoms with Gasteiger partial charge in [-0.1, -0.05) is 13.8 Å². The molecule has 2 heterocycles. The minimum Gasteiger partial charge on any atom is -0.367 e. The maximum atomic E-state index is 4.63. The molecule has 0 radical (unpaired) electrons. The zero-order valence-electron chi connectivity index (χ0n) is 11.8. The number of anilines is 1. The van der Waals surface area contributed by atoms with Crippen LogP contribution in [0.3, 0.4) is 0 Å². The normalized spacial score (nSPS) is 21.3. The molecular formula is C15H25N3. The highest BCUT2D eigenvalue weighted by Crippen LogP contribution is 2.27. The third-order valence-electron chi connectivity index (χ3n) is 4.06. The summed E-state index contributed by atoms with van der Waals surface area (Å²) in [6.07, 6.45) is 6.99. The smallest absolute Gasteiger partial charge is 0.0574 e. The van der Waals surface area contributed by atoms with Gasteiger partial charge in [-0.3, -0.25) is 4.98 Å². The summed E-state index contributed by atoms with van der Waals surface area (Å²) in [6.45, 7) is 5.64. The second-order valence-corrected chi connectivity index (χ2v) is 5.09. The van der Waals surface area contributed by atoms with Gasteiger partial charge in [0.05, 0.1) is 17.6 Å². The van der Waals surface area contributed by atoms with Crippen LogP contribution in [-0.2, 0) is 0 Å². The fraction of sp³-hybridized carbons (Fsp3) is 0.667. The summed E-state index contributed by atoms with van der Waals surface area (Å²) in [5, 5.41) is 3.30. The Hall–Kier alpha value is -1.09. The number of nitrogens with zero attached hydrogens (tertiary/aromatic N) is 2. The topological polar surface area (TPSA) is 28.2 Å². The van der Waals surface area contributed by atoms with Gasteiger partial charge >= 0.3 is 0 Å². The third kappa shape index (κ3) is 2.66. The van der Waals surface area contributed by atoms with Crippen molar-refractivity contribution < 1.29 is 0 Å². The molecule has 0 saturated carbocycles. The van der Waals surface area contributed by atoms with E-state index in [0.717, 1.165) is 12.1 Å². The summed E-state index contributed by atoms with van der Waals surface area (Å²) in [6, 6.07) is 5.49. The van der Waals surface area contributed by atoms with Crippen LogP contribution in [0.25, 0.3) is 0 Å². The van der Waals surface area contributed by atoms with Gasteiger partial charge in [0.15, 0.2) is 0 Å². The number of aromatic nitrogens is 1. The molecule has 2 atom stereocenters. The Labute approximate surface area is 111 Å². The standard InChI is InChI=1S/C15H25N3/c1-4-12-7-6-10-18(12)13-8-9-15(17-11-13)14(5-2)16-3/h8-9,11-12,14,16H,4-7,10H2,1-3H3. The summed E-state index contributed by atoms with van der Waals surface area (Å²) in [4.78, 5) is 7.14. The van der Waals surface area contributed by atoms with Crippen molar-refractivity contribution in [3.05, 3.63) is 24.0 Å². The molecule has 3 nitrogen and oxygen atoms in total. The van der Waals surface area contributed by atoms with Gasteiger partial charge in [-0.2, -0.15) is 0 Å². The first-order chi connectivity index (χ1) is 8.80. The van der Waals surface area contributed by atoms with Crippen molar-refractivity contribution in [1.29, 1.82) is 0 Å². The highest BCUT2D eigenvalue weighted by molar-refractivity contribution is 5.47. The zero-order chi connectivity index (χ0) is 13.0. The molecule has 1 aliphatic rings. The van der Waals surface area contributed by atoms with Gasteiger partial charge in [0, 0.05) is 18.6 Å². The van der Waals surface area contributed by atoms with Gasteiger partial charge in [0.2, 0.25) is 0 Å². The molecule has 2 unspecified atom stereocenters. The van der Waals surface area contributed by atoms with Crippen LogP contribution in [0.2, 0.25) is 0 Å². The number of pyridine rings is 1. The largest absolute Gasteiger partial charge is 0.367 e. The van der Waals surface area contributed by atoms with Crippen LogP contribution in [0.15, 0.2) is 18.3 Å². The Bertz CT molecular complexity index is 357. The molecule has 0 amide bonds. The molecule has 0 aromatic carbocycles. The molecule has 3 heteroatoms. The van der Waals surface area contributed by atoms with Crippen LogP contribution in [0, 0.1) is 0 Å². The Balaban J connectivity index is 2.12. The molecule has 100 valence electrons. The fourth-order valence-corrected chi connectivity index (χ4v) is 2.93. The SMILES string of the molecule is CCC(NC)c1ccc(N2CCCC2CC)cn1. The van der Waals surface area contributed by atoms with Crippen LogP contribution < -0.4 is 10.2 Å². The first-order valence-corrected chi connectivity index (χ1v) is 7.20. The predicted octanol–water partition coefficient (Wildman–Crippen LogP) is 3.13. The molecule has 1 N–H and O–H groups in total. The minimum absolute atomic E-state index is 0.375. The van der Waals surface area contributed by atoms with Crippen molar-refractivity contribution in [1.82, 2.24) is 10.3 Å². The van der Waals surface area contributed by atoms with Crippen molar-refractivity contribution >= 4 is 5.69 Å². The van der Waals surface area contributed by atoms with E-state index >= 15 is 0 Å². The maximum absolute atomic E-state index is 4.63. The Morgan fingerprint density at radius 2 is 2.28 bits per heavy atom. The second kappa shape index (κ2) is 6.19. The first-order valence-electron chi connectivity index (χ1n) is 7.20. The number of hydrogen-bond donors (Lipinski definition) is 1. The summed E-state index contributed by atoms with van der Waals surface area (Å²) >= 11 is 0. The highest BCUT2D eigenvalue weighted by atomic mass is 15.2. The number of nitrogens with one attached hydrogen (secondary N) is 1. The lowest BCUT2D eigenvalue weighted by atomic mass is 10.1. The molecule has 2 rings (SSSR count).